The lowest BCUT2D eigenvalue weighted by Gasteiger charge is -2.13. The third kappa shape index (κ3) is 5.41. The molecule has 0 radical (unpaired) electrons. The van der Waals surface area contributed by atoms with Gasteiger partial charge in [-0.2, -0.15) is 8.78 Å². The number of hydrogen-bond acceptors (Lipinski definition) is 4. The number of nitrogens with zero attached hydrogens (tertiary/aromatic N) is 1. The van der Waals surface area contributed by atoms with E-state index in [4.69, 9.17) is 0 Å². The molecule has 0 bridgehead atoms. The van der Waals surface area contributed by atoms with Crippen molar-refractivity contribution in [3.05, 3.63) is 63.6 Å². The number of imide groups is 1. The van der Waals surface area contributed by atoms with E-state index in [0.717, 1.165) is 14.9 Å². The van der Waals surface area contributed by atoms with Gasteiger partial charge in [-0.15, -0.1) is 0 Å². The normalized spacial score (nSPS) is 13.0. The van der Waals surface area contributed by atoms with Gasteiger partial charge in [0.1, 0.15) is 5.75 Å². The Bertz CT molecular complexity index is 951. The van der Waals surface area contributed by atoms with Gasteiger partial charge in [0.05, 0.1) is 11.1 Å². The predicted molar refractivity (Wildman–Crippen MR) is 109 cm³/mol. The van der Waals surface area contributed by atoms with E-state index < -0.39 is 6.61 Å². The molecule has 2 aromatic carbocycles. The standard InChI is InChI=1S/C21H19BrF2N2O4/c22-14-5-8-16-17(12-14)20(29)26(19(16)28)11-1-2-18(27)25-10-9-13-3-6-15(7-4-13)30-21(23)24/h3-8,12,21H,1-2,9-11H2,(H,25,27). The molecule has 0 saturated carbocycles. The summed E-state index contributed by atoms with van der Waals surface area (Å²) in [7, 11) is 0. The zero-order valence-corrected chi connectivity index (χ0v) is 17.5. The van der Waals surface area contributed by atoms with Gasteiger partial charge in [-0.05, 0) is 48.7 Å². The summed E-state index contributed by atoms with van der Waals surface area (Å²) < 4.78 is 29.3. The molecule has 1 aliphatic heterocycles. The first-order valence-electron chi connectivity index (χ1n) is 9.31. The number of hydrogen-bond donors (Lipinski definition) is 1. The Morgan fingerprint density at radius 1 is 1.07 bits per heavy atom. The highest BCUT2D eigenvalue weighted by Crippen LogP contribution is 2.26. The SMILES string of the molecule is O=C(CCCN1C(=O)c2ccc(Br)cc2C1=O)NCCc1ccc(OC(F)F)cc1. The summed E-state index contributed by atoms with van der Waals surface area (Å²) in [5, 5.41) is 2.77. The maximum atomic E-state index is 12.4. The van der Waals surface area contributed by atoms with Crippen LogP contribution < -0.4 is 10.1 Å². The van der Waals surface area contributed by atoms with Crippen molar-refractivity contribution < 1.29 is 27.9 Å². The number of amides is 3. The maximum absolute atomic E-state index is 12.4. The average molecular weight is 481 g/mol. The van der Waals surface area contributed by atoms with Crippen LogP contribution in [-0.2, 0) is 11.2 Å². The second kappa shape index (κ2) is 9.80. The number of carbonyl (C=O) groups is 3. The molecule has 0 aliphatic carbocycles. The van der Waals surface area contributed by atoms with Gasteiger partial charge in [-0.25, -0.2) is 0 Å². The third-order valence-electron chi connectivity index (χ3n) is 4.60. The molecular weight excluding hydrogens is 462 g/mol. The summed E-state index contributed by atoms with van der Waals surface area (Å²) in [6.07, 6.45) is 1.07. The number of benzene rings is 2. The molecule has 0 unspecified atom stereocenters. The molecule has 158 valence electrons. The van der Waals surface area contributed by atoms with Crippen LogP contribution in [0.1, 0.15) is 39.1 Å². The molecular formula is C21H19BrF2N2O4. The lowest BCUT2D eigenvalue weighted by molar-refractivity contribution is -0.121. The summed E-state index contributed by atoms with van der Waals surface area (Å²) >= 11 is 3.29. The van der Waals surface area contributed by atoms with E-state index in [0.29, 0.717) is 30.5 Å². The molecule has 0 atom stereocenters. The van der Waals surface area contributed by atoms with Crippen LogP contribution in [0.5, 0.6) is 5.75 Å². The minimum atomic E-state index is -2.86. The Hall–Kier alpha value is -2.81. The quantitative estimate of drug-likeness (QED) is 0.554. The molecule has 3 rings (SSSR count). The average Bonchev–Trinajstić information content (AvgIpc) is 2.93. The van der Waals surface area contributed by atoms with Crippen molar-refractivity contribution in [2.45, 2.75) is 25.9 Å². The number of ether oxygens (including phenoxy) is 1. The Morgan fingerprint density at radius 2 is 1.77 bits per heavy atom. The Balaban J connectivity index is 1.38. The van der Waals surface area contributed by atoms with Crippen LogP contribution in [0.4, 0.5) is 8.78 Å². The fourth-order valence-corrected chi connectivity index (χ4v) is 3.50. The van der Waals surface area contributed by atoms with Crippen molar-refractivity contribution in [3.8, 4) is 5.75 Å². The lowest BCUT2D eigenvalue weighted by atomic mass is 10.1. The Labute approximate surface area is 180 Å². The number of alkyl halides is 2. The molecule has 0 spiro atoms. The summed E-state index contributed by atoms with van der Waals surface area (Å²) in [5.41, 5.74) is 1.61. The summed E-state index contributed by atoms with van der Waals surface area (Å²) in [6, 6.07) is 11.1. The largest absolute Gasteiger partial charge is 0.435 e. The lowest BCUT2D eigenvalue weighted by Crippen LogP contribution is -2.32. The van der Waals surface area contributed by atoms with Gasteiger partial charge in [0.15, 0.2) is 0 Å². The molecule has 6 nitrogen and oxygen atoms in total. The fraction of sp³-hybridized carbons (Fsp3) is 0.286. The number of carbonyl (C=O) groups excluding carboxylic acids is 3. The van der Waals surface area contributed by atoms with Crippen molar-refractivity contribution in [2.75, 3.05) is 13.1 Å². The number of fused-ring (bicyclic) bond motifs is 1. The Kier molecular flexibility index (Phi) is 7.15. The van der Waals surface area contributed by atoms with Crippen LogP contribution in [0.2, 0.25) is 0 Å². The molecule has 1 N–H and O–H groups in total. The van der Waals surface area contributed by atoms with E-state index in [1.165, 1.54) is 12.1 Å². The van der Waals surface area contributed by atoms with Crippen molar-refractivity contribution in [2.24, 2.45) is 0 Å². The van der Waals surface area contributed by atoms with Crippen molar-refractivity contribution in [1.29, 1.82) is 0 Å². The van der Waals surface area contributed by atoms with Crippen LogP contribution in [0.3, 0.4) is 0 Å². The molecule has 30 heavy (non-hydrogen) atoms. The van der Waals surface area contributed by atoms with E-state index in [1.54, 1.807) is 30.3 Å². The topological polar surface area (TPSA) is 75.7 Å². The van der Waals surface area contributed by atoms with Crippen molar-refractivity contribution in [3.63, 3.8) is 0 Å². The van der Waals surface area contributed by atoms with Gasteiger partial charge in [0, 0.05) is 24.0 Å². The minimum absolute atomic E-state index is 0.0818. The van der Waals surface area contributed by atoms with Gasteiger partial charge in [0.2, 0.25) is 5.91 Å². The van der Waals surface area contributed by atoms with Crippen molar-refractivity contribution >= 4 is 33.7 Å². The predicted octanol–water partition coefficient (Wildman–Crippen LogP) is 3.79. The molecule has 1 heterocycles. The second-order valence-electron chi connectivity index (χ2n) is 6.68. The van der Waals surface area contributed by atoms with E-state index in [-0.39, 0.29) is 36.4 Å². The molecule has 1 aliphatic rings. The number of nitrogens with one attached hydrogen (secondary N) is 1. The highest BCUT2D eigenvalue weighted by atomic mass is 79.9. The monoisotopic (exact) mass is 480 g/mol. The molecule has 0 fully saturated rings. The van der Waals surface area contributed by atoms with Gasteiger partial charge in [0.25, 0.3) is 11.8 Å². The molecule has 9 heteroatoms. The van der Waals surface area contributed by atoms with E-state index in [2.05, 4.69) is 26.0 Å². The zero-order chi connectivity index (χ0) is 21.7. The Morgan fingerprint density at radius 3 is 2.47 bits per heavy atom. The van der Waals surface area contributed by atoms with Crippen LogP contribution in [0.15, 0.2) is 46.9 Å². The highest BCUT2D eigenvalue weighted by molar-refractivity contribution is 9.10. The van der Waals surface area contributed by atoms with Gasteiger partial charge in [-0.1, -0.05) is 28.1 Å². The first-order valence-corrected chi connectivity index (χ1v) is 10.1. The van der Waals surface area contributed by atoms with Crippen LogP contribution in [0.25, 0.3) is 0 Å². The minimum Gasteiger partial charge on any atom is -0.435 e. The highest BCUT2D eigenvalue weighted by Gasteiger charge is 2.35. The van der Waals surface area contributed by atoms with Gasteiger partial charge >= 0.3 is 6.61 Å². The molecule has 0 aromatic heterocycles. The summed E-state index contributed by atoms with van der Waals surface area (Å²) in [6.45, 7) is -2.31. The van der Waals surface area contributed by atoms with E-state index >= 15 is 0 Å². The third-order valence-corrected chi connectivity index (χ3v) is 5.10. The smallest absolute Gasteiger partial charge is 0.387 e. The molecule has 3 amide bonds. The maximum Gasteiger partial charge on any atom is 0.387 e. The van der Waals surface area contributed by atoms with Crippen LogP contribution in [-0.4, -0.2) is 42.3 Å². The van der Waals surface area contributed by atoms with Crippen LogP contribution in [0, 0.1) is 0 Å². The molecule has 2 aromatic rings. The summed E-state index contributed by atoms with van der Waals surface area (Å²) in [4.78, 5) is 37.9. The van der Waals surface area contributed by atoms with Gasteiger partial charge in [-0.3, -0.25) is 19.3 Å². The van der Waals surface area contributed by atoms with Gasteiger partial charge < -0.3 is 10.1 Å². The molecule has 0 saturated heterocycles. The van der Waals surface area contributed by atoms with E-state index in [9.17, 15) is 23.2 Å². The van der Waals surface area contributed by atoms with E-state index in [1.807, 2.05) is 0 Å². The summed E-state index contributed by atoms with van der Waals surface area (Å²) in [5.74, 6) is -0.802. The second-order valence-corrected chi connectivity index (χ2v) is 7.59. The number of rotatable bonds is 9. The zero-order valence-electron chi connectivity index (χ0n) is 15.9. The first kappa shape index (κ1) is 21.9. The fourth-order valence-electron chi connectivity index (χ4n) is 3.14. The number of halogens is 3. The van der Waals surface area contributed by atoms with Crippen molar-refractivity contribution in [1.82, 2.24) is 10.2 Å². The first-order chi connectivity index (χ1) is 14.3. The van der Waals surface area contributed by atoms with Crippen LogP contribution >= 0.6 is 15.9 Å².